The van der Waals surface area contributed by atoms with Gasteiger partial charge in [0.25, 0.3) is 0 Å². The summed E-state index contributed by atoms with van der Waals surface area (Å²) in [6.45, 7) is 1.52. The Kier molecular flexibility index (Phi) is 4.57. The SMILES string of the molecule is COc1cc(/C=C/C(=O)c2c(O)cc(C)oc2=O)c(OC)c2c1OCO2. The summed E-state index contributed by atoms with van der Waals surface area (Å²) in [5.74, 6) is 0.570. The van der Waals surface area contributed by atoms with E-state index in [1.54, 1.807) is 6.07 Å². The van der Waals surface area contributed by atoms with E-state index in [0.29, 0.717) is 28.6 Å². The summed E-state index contributed by atoms with van der Waals surface area (Å²) in [5.41, 5.74) is -0.885. The monoisotopic (exact) mass is 360 g/mol. The molecule has 3 rings (SSSR count). The van der Waals surface area contributed by atoms with E-state index in [2.05, 4.69) is 0 Å². The minimum absolute atomic E-state index is 0.0203. The fourth-order valence-corrected chi connectivity index (χ4v) is 2.59. The van der Waals surface area contributed by atoms with Crippen molar-refractivity contribution in [1.82, 2.24) is 0 Å². The van der Waals surface area contributed by atoms with Crippen molar-refractivity contribution >= 4 is 11.9 Å². The maximum absolute atomic E-state index is 12.3. The van der Waals surface area contributed by atoms with Gasteiger partial charge in [0, 0.05) is 11.6 Å². The molecule has 0 radical (unpaired) electrons. The molecule has 2 heterocycles. The van der Waals surface area contributed by atoms with Crippen LogP contribution in [0.2, 0.25) is 0 Å². The number of methoxy groups -OCH3 is 2. The number of hydrogen-bond donors (Lipinski definition) is 1. The average Bonchev–Trinajstić information content (AvgIpc) is 3.07. The topological polar surface area (TPSA) is 104 Å². The molecule has 0 atom stereocenters. The number of allylic oxidation sites excluding steroid dienone is 1. The van der Waals surface area contributed by atoms with E-state index < -0.39 is 22.7 Å². The van der Waals surface area contributed by atoms with E-state index in [9.17, 15) is 14.7 Å². The van der Waals surface area contributed by atoms with Gasteiger partial charge in [-0.25, -0.2) is 4.79 Å². The lowest BCUT2D eigenvalue weighted by atomic mass is 10.1. The molecule has 136 valence electrons. The number of benzene rings is 1. The molecular weight excluding hydrogens is 344 g/mol. The Morgan fingerprint density at radius 1 is 1.19 bits per heavy atom. The molecule has 8 nitrogen and oxygen atoms in total. The van der Waals surface area contributed by atoms with Gasteiger partial charge in [0.1, 0.15) is 17.1 Å². The van der Waals surface area contributed by atoms with Gasteiger partial charge in [-0.2, -0.15) is 0 Å². The summed E-state index contributed by atoms with van der Waals surface area (Å²) in [7, 11) is 2.92. The fourth-order valence-electron chi connectivity index (χ4n) is 2.59. The van der Waals surface area contributed by atoms with Crippen LogP contribution in [-0.2, 0) is 0 Å². The van der Waals surface area contributed by atoms with Crippen molar-refractivity contribution in [2.24, 2.45) is 0 Å². The van der Waals surface area contributed by atoms with Gasteiger partial charge in [0.15, 0.2) is 17.3 Å². The lowest BCUT2D eigenvalue weighted by molar-refractivity contribution is 0.104. The third-order valence-corrected chi connectivity index (χ3v) is 3.73. The average molecular weight is 360 g/mol. The van der Waals surface area contributed by atoms with Crippen LogP contribution >= 0.6 is 0 Å². The fraction of sp³-hybridized carbons (Fsp3) is 0.222. The highest BCUT2D eigenvalue weighted by Crippen LogP contribution is 2.49. The second-order valence-electron chi connectivity index (χ2n) is 5.37. The Labute approximate surface area is 148 Å². The first-order valence-electron chi connectivity index (χ1n) is 7.57. The molecule has 0 bridgehead atoms. The summed E-state index contributed by atoms with van der Waals surface area (Å²) in [4.78, 5) is 24.2. The van der Waals surface area contributed by atoms with Crippen molar-refractivity contribution in [3.05, 3.63) is 45.5 Å². The zero-order valence-corrected chi connectivity index (χ0v) is 14.3. The molecule has 1 N–H and O–H groups in total. The number of carbonyl (C=O) groups is 1. The summed E-state index contributed by atoms with van der Waals surface area (Å²) < 4.78 is 26.2. The number of ether oxygens (including phenoxy) is 4. The van der Waals surface area contributed by atoms with Crippen LogP contribution in [0.15, 0.2) is 27.4 Å². The second kappa shape index (κ2) is 6.83. The van der Waals surface area contributed by atoms with Crippen molar-refractivity contribution in [1.29, 1.82) is 0 Å². The minimum Gasteiger partial charge on any atom is -0.507 e. The maximum Gasteiger partial charge on any atom is 0.351 e. The number of aryl methyl sites for hydroxylation is 1. The van der Waals surface area contributed by atoms with Crippen molar-refractivity contribution in [3.63, 3.8) is 0 Å². The summed E-state index contributed by atoms with van der Waals surface area (Å²) in [6.07, 6.45) is 2.55. The third-order valence-electron chi connectivity index (χ3n) is 3.73. The zero-order valence-electron chi connectivity index (χ0n) is 14.3. The molecule has 1 aromatic carbocycles. The number of ketones is 1. The Hall–Kier alpha value is -3.42. The number of aromatic hydroxyl groups is 1. The first-order valence-corrected chi connectivity index (χ1v) is 7.57. The lowest BCUT2D eigenvalue weighted by Gasteiger charge is -2.11. The molecular formula is C18H16O8. The van der Waals surface area contributed by atoms with Crippen molar-refractivity contribution in [2.75, 3.05) is 21.0 Å². The van der Waals surface area contributed by atoms with Gasteiger partial charge in [0.05, 0.1) is 14.2 Å². The molecule has 0 fully saturated rings. The smallest absolute Gasteiger partial charge is 0.351 e. The molecule has 0 saturated heterocycles. The molecule has 0 amide bonds. The molecule has 0 unspecified atom stereocenters. The lowest BCUT2D eigenvalue weighted by Crippen LogP contribution is -2.13. The largest absolute Gasteiger partial charge is 0.507 e. The van der Waals surface area contributed by atoms with E-state index in [1.165, 1.54) is 33.3 Å². The molecule has 1 aromatic heterocycles. The van der Waals surface area contributed by atoms with Gasteiger partial charge >= 0.3 is 5.63 Å². The van der Waals surface area contributed by atoms with Crippen molar-refractivity contribution < 1.29 is 33.3 Å². The van der Waals surface area contributed by atoms with E-state index in [0.717, 1.165) is 6.08 Å². The maximum atomic E-state index is 12.3. The summed E-state index contributed by atoms with van der Waals surface area (Å²) in [6, 6.07) is 2.81. The van der Waals surface area contributed by atoms with E-state index in [1.807, 2.05) is 0 Å². The van der Waals surface area contributed by atoms with Crippen LogP contribution in [0.25, 0.3) is 6.08 Å². The van der Waals surface area contributed by atoms with E-state index in [-0.39, 0.29) is 12.6 Å². The Morgan fingerprint density at radius 2 is 1.92 bits per heavy atom. The van der Waals surface area contributed by atoms with Crippen molar-refractivity contribution in [2.45, 2.75) is 6.92 Å². The highest BCUT2D eigenvalue weighted by molar-refractivity contribution is 6.08. The Morgan fingerprint density at radius 3 is 2.58 bits per heavy atom. The quantitative estimate of drug-likeness (QED) is 0.640. The Balaban J connectivity index is 2.01. The van der Waals surface area contributed by atoms with Crippen molar-refractivity contribution in [3.8, 4) is 28.7 Å². The summed E-state index contributed by atoms with van der Waals surface area (Å²) in [5, 5.41) is 9.85. The molecule has 0 spiro atoms. The van der Waals surface area contributed by atoms with Crippen LogP contribution in [-0.4, -0.2) is 31.9 Å². The van der Waals surface area contributed by atoms with Crippen LogP contribution in [0.5, 0.6) is 28.7 Å². The number of fused-ring (bicyclic) bond motifs is 1. The van der Waals surface area contributed by atoms with E-state index in [4.69, 9.17) is 23.4 Å². The molecule has 0 saturated carbocycles. The van der Waals surface area contributed by atoms with Gasteiger partial charge < -0.3 is 28.5 Å². The highest BCUT2D eigenvalue weighted by Gasteiger charge is 2.26. The van der Waals surface area contributed by atoms with Crippen LogP contribution in [0, 0.1) is 6.92 Å². The predicted molar refractivity (Wildman–Crippen MR) is 90.4 cm³/mol. The predicted octanol–water partition coefficient (Wildman–Crippen LogP) is 2.30. The van der Waals surface area contributed by atoms with Crippen LogP contribution in [0.4, 0.5) is 0 Å². The molecule has 1 aliphatic heterocycles. The standard InChI is InChI=1S/C18H16O8/c1-9-6-12(20)14(18(21)26-9)11(19)5-4-10-7-13(22-2)16-17(15(10)23-3)25-8-24-16/h4-7,20H,8H2,1-3H3/b5-4+. The molecule has 2 aromatic rings. The van der Waals surface area contributed by atoms with Gasteiger partial charge in [-0.1, -0.05) is 0 Å². The highest BCUT2D eigenvalue weighted by atomic mass is 16.7. The van der Waals surface area contributed by atoms with Gasteiger partial charge in [0.2, 0.25) is 18.3 Å². The molecule has 8 heteroatoms. The summed E-state index contributed by atoms with van der Waals surface area (Å²) >= 11 is 0. The second-order valence-corrected chi connectivity index (χ2v) is 5.37. The van der Waals surface area contributed by atoms with Crippen LogP contribution < -0.4 is 24.6 Å². The van der Waals surface area contributed by atoms with Gasteiger partial charge in [-0.05, 0) is 25.1 Å². The molecule has 0 aliphatic carbocycles. The number of hydrogen-bond acceptors (Lipinski definition) is 8. The van der Waals surface area contributed by atoms with Gasteiger partial charge in [-0.3, -0.25) is 4.79 Å². The third kappa shape index (κ3) is 2.97. The van der Waals surface area contributed by atoms with Gasteiger partial charge in [-0.15, -0.1) is 0 Å². The Bertz CT molecular complexity index is 955. The number of rotatable bonds is 5. The van der Waals surface area contributed by atoms with E-state index >= 15 is 0 Å². The molecule has 1 aliphatic rings. The van der Waals surface area contributed by atoms with Crippen LogP contribution in [0.1, 0.15) is 21.7 Å². The van der Waals surface area contributed by atoms with Crippen LogP contribution in [0.3, 0.4) is 0 Å². The minimum atomic E-state index is -0.910. The number of carbonyl (C=O) groups excluding carboxylic acids is 1. The normalized spacial score (nSPS) is 12.4. The first-order chi connectivity index (χ1) is 12.5. The zero-order chi connectivity index (χ0) is 18.8. The molecule has 26 heavy (non-hydrogen) atoms. The first kappa shape index (κ1) is 17.4.